The van der Waals surface area contributed by atoms with Crippen molar-refractivity contribution in [3.8, 4) is 17.5 Å². The van der Waals surface area contributed by atoms with E-state index in [9.17, 15) is 0 Å². The number of fused-ring (bicyclic) bond motifs is 3. The van der Waals surface area contributed by atoms with E-state index in [0.717, 1.165) is 51.9 Å². The summed E-state index contributed by atoms with van der Waals surface area (Å²) in [6, 6.07) is 28.1. The van der Waals surface area contributed by atoms with Crippen LogP contribution in [0.4, 0.5) is 17.1 Å². The van der Waals surface area contributed by atoms with Crippen LogP contribution in [0, 0.1) is 11.3 Å². The van der Waals surface area contributed by atoms with Crippen molar-refractivity contribution in [3.05, 3.63) is 84.4 Å². The van der Waals surface area contributed by atoms with E-state index in [-0.39, 0.29) is 0 Å². The summed E-state index contributed by atoms with van der Waals surface area (Å²) >= 11 is 0. The van der Waals surface area contributed by atoms with Gasteiger partial charge < -0.3 is 14.6 Å². The maximum absolute atomic E-state index is 9.05. The van der Waals surface area contributed by atoms with E-state index in [1.54, 1.807) is 12.1 Å². The number of rotatable bonds is 6. The van der Waals surface area contributed by atoms with Crippen molar-refractivity contribution in [2.24, 2.45) is 0 Å². The van der Waals surface area contributed by atoms with Gasteiger partial charge in [0, 0.05) is 46.9 Å². The zero-order valence-corrected chi connectivity index (χ0v) is 18.7. The van der Waals surface area contributed by atoms with Crippen LogP contribution in [-0.2, 0) is 0 Å². The van der Waals surface area contributed by atoms with Crippen LogP contribution in [0.2, 0.25) is 0 Å². The van der Waals surface area contributed by atoms with E-state index in [0.29, 0.717) is 11.5 Å². The number of aromatic nitrogens is 1. The molecular formula is C28H24N4O. The second-order valence-electron chi connectivity index (χ2n) is 7.87. The Kier molecular flexibility index (Phi) is 5.42. The molecule has 0 spiro atoms. The number of nitrogens with zero attached hydrogens (tertiary/aromatic N) is 3. The number of nitriles is 1. The lowest BCUT2D eigenvalue weighted by atomic mass is 10.1. The number of hydrogen-bond donors (Lipinski definition) is 1. The molecule has 33 heavy (non-hydrogen) atoms. The molecule has 0 radical (unpaired) electrons. The van der Waals surface area contributed by atoms with E-state index in [2.05, 4.69) is 66.5 Å². The Balaban J connectivity index is 1.55. The van der Waals surface area contributed by atoms with Crippen LogP contribution < -0.4 is 10.2 Å². The summed E-state index contributed by atoms with van der Waals surface area (Å²) in [6.07, 6.45) is 0. The molecule has 0 aliphatic heterocycles. The maximum atomic E-state index is 9.05. The predicted molar refractivity (Wildman–Crippen MR) is 135 cm³/mol. The third-order valence-corrected chi connectivity index (χ3v) is 5.94. The van der Waals surface area contributed by atoms with Gasteiger partial charge in [-0.2, -0.15) is 5.26 Å². The van der Waals surface area contributed by atoms with Gasteiger partial charge in [-0.05, 0) is 62.4 Å². The lowest BCUT2D eigenvalue weighted by Crippen LogP contribution is -2.21. The van der Waals surface area contributed by atoms with Gasteiger partial charge in [-0.15, -0.1) is 0 Å². The molecule has 1 aromatic heterocycles. The quantitative estimate of drug-likeness (QED) is 0.310. The molecule has 5 nitrogen and oxygen atoms in total. The monoisotopic (exact) mass is 432 g/mol. The smallest absolute Gasteiger partial charge is 0.227 e. The summed E-state index contributed by atoms with van der Waals surface area (Å²) < 4.78 is 6.15. The number of anilines is 3. The summed E-state index contributed by atoms with van der Waals surface area (Å²) in [5.41, 5.74) is 6.20. The molecule has 0 saturated heterocycles. The minimum atomic E-state index is 0.542. The average molecular weight is 433 g/mol. The van der Waals surface area contributed by atoms with Gasteiger partial charge >= 0.3 is 0 Å². The van der Waals surface area contributed by atoms with Crippen molar-refractivity contribution in [3.63, 3.8) is 0 Å². The van der Waals surface area contributed by atoms with Gasteiger partial charge in [0.05, 0.1) is 17.3 Å². The van der Waals surface area contributed by atoms with E-state index in [4.69, 9.17) is 14.7 Å². The predicted octanol–water partition coefficient (Wildman–Crippen LogP) is 7.11. The molecule has 4 aromatic carbocycles. The van der Waals surface area contributed by atoms with Crippen LogP contribution in [0.5, 0.6) is 0 Å². The number of nitrogens with one attached hydrogen (secondary N) is 1. The Morgan fingerprint density at radius 3 is 2.27 bits per heavy atom. The van der Waals surface area contributed by atoms with Crippen molar-refractivity contribution in [1.82, 2.24) is 4.98 Å². The summed E-state index contributed by atoms with van der Waals surface area (Å²) in [7, 11) is 0. The van der Waals surface area contributed by atoms with Crippen molar-refractivity contribution >= 4 is 38.9 Å². The molecule has 5 aromatic rings. The Morgan fingerprint density at radius 2 is 1.61 bits per heavy atom. The molecule has 162 valence electrons. The number of hydrogen-bond acceptors (Lipinski definition) is 5. The molecule has 0 fully saturated rings. The molecular weight excluding hydrogens is 408 g/mol. The first-order chi connectivity index (χ1) is 16.2. The van der Waals surface area contributed by atoms with Gasteiger partial charge in [0.2, 0.25) is 5.89 Å². The normalized spacial score (nSPS) is 10.9. The summed E-state index contributed by atoms with van der Waals surface area (Å²) in [5.74, 6) is 0.542. The fraction of sp³-hybridized carbons (Fsp3) is 0.143. The second-order valence-corrected chi connectivity index (χ2v) is 7.87. The molecule has 0 atom stereocenters. The molecule has 1 N–H and O–H groups in total. The topological polar surface area (TPSA) is 65.1 Å². The van der Waals surface area contributed by atoms with Gasteiger partial charge in [-0.1, -0.05) is 24.3 Å². The van der Waals surface area contributed by atoms with Gasteiger partial charge in [-0.25, -0.2) is 4.98 Å². The first-order valence-corrected chi connectivity index (χ1v) is 11.1. The Labute approximate surface area is 192 Å². The van der Waals surface area contributed by atoms with E-state index in [1.807, 2.05) is 30.3 Å². The fourth-order valence-corrected chi connectivity index (χ4v) is 4.17. The molecule has 5 rings (SSSR count). The van der Waals surface area contributed by atoms with Gasteiger partial charge in [-0.3, -0.25) is 0 Å². The average Bonchev–Trinajstić information content (AvgIpc) is 3.30. The van der Waals surface area contributed by atoms with Crippen molar-refractivity contribution in [2.45, 2.75) is 13.8 Å². The highest BCUT2D eigenvalue weighted by Crippen LogP contribution is 2.36. The minimum Gasteiger partial charge on any atom is -0.436 e. The fourth-order valence-electron chi connectivity index (χ4n) is 4.17. The number of benzene rings is 4. The summed E-state index contributed by atoms with van der Waals surface area (Å²) in [4.78, 5) is 7.11. The highest BCUT2D eigenvalue weighted by atomic mass is 16.3. The third-order valence-electron chi connectivity index (χ3n) is 5.94. The minimum absolute atomic E-state index is 0.542. The zero-order chi connectivity index (χ0) is 22.8. The number of oxazole rings is 1. The van der Waals surface area contributed by atoms with Gasteiger partial charge in [0.15, 0.2) is 5.58 Å². The Hall–Kier alpha value is -4.30. The highest BCUT2D eigenvalue weighted by molar-refractivity contribution is 6.10. The van der Waals surface area contributed by atoms with Crippen LogP contribution in [0.3, 0.4) is 0 Å². The van der Waals surface area contributed by atoms with Crippen LogP contribution in [0.15, 0.2) is 83.3 Å². The van der Waals surface area contributed by atoms with Crippen LogP contribution in [-0.4, -0.2) is 18.1 Å². The van der Waals surface area contributed by atoms with Gasteiger partial charge in [0.1, 0.15) is 5.52 Å². The molecule has 0 aliphatic rings. The van der Waals surface area contributed by atoms with Crippen molar-refractivity contribution < 1.29 is 4.42 Å². The van der Waals surface area contributed by atoms with E-state index >= 15 is 0 Å². The van der Waals surface area contributed by atoms with Crippen LogP contribution >= 0.6 is 0 Å². The first-order valence-electron chi connectivity index (χ1n) is 11.1. The largest absolute Gasteiger partial charge is 0.436 e. The van der Waals surface area contributed by atoms with Crippen molar-refractivity contribution in [1.29, 1.82) is 5.26 Å². The lowest BCUT2D eigenvalue weighted by molar-refractivity contribution is 0.620. The molecule has 0 aliphatic carbocycles. The Morgan fingerprint density at radius 1 is 0.909 bits per heavy atom. The molecule has 1 heterocycles. The SMILES string of the molecule is CCN(CC)c1ccc(Nc2cc3oc(-c4ccc(C#N)cc4)nc3c3ccccc23)cc1. The van der Waals surface area contributed by atoms with Crippen LogP contribution in [0.1, 0.15) is 19.4 Å². The summed E-state index contributed by atoms with van der Waals surface area (Å²) in [5, 5.41) is 14.7. The molecule has 0 bridgehead atoms. The summed E-state index contributed by atoms with van der Waals surface area (Å²) in [6.45, 7) is 6.30. The van der Waals surface area contributed by atoms with E-state index in [1.165, 1.54) is 5.69 Å². The molecule has 0 amide bonds. The Bertz CT molecular complexity index is 1460. The van der Waals surface area contributed by atoms with E-state index < -0.39 is 0 Å². The first kappa shape index (κ1) is 20.6. The van der Waals surface area contributed by atoms with Crippen LogP contribution in [0.25, 0.3) is 33.3 Å². The zero-order valence-electron chi connectivity index (χ0n) is 18.7. The molecule has 0 unspecified atom stereocenters. The molecule has 5 heteroatoms. The highest BCUT2D eigenvalue weighted by Gasteiger charge is 2.14. The lowest BCUT2D eigenvalue weighted by Gasteiger charge is -2.21. The van der Waals surface area contributed by atoms with Crippen molar-refractivity contribution in [2.75, 3.05) is 23.3 Å². The van der Waals surface area contributed by atoms with Gasteiger partial charge in [0.25, 0.3) is 0 Å². The maximum Gasteiger partial charge on any atom is 0.227 e. The second kappa shape index (κ2) is 8.68. The molecule has 0 saturated carbocycles. The standard InChI is InChI=1S/C28H24N4O/c1-3-32(4-2)22-15-13-21(14-16-22)30-25-17-26-27(24-8-6-5-7-23(24)25)31-28(33-26)20-11-9-19(18-29)10-12-20/h5-17,30H,3-4H2,1-2H3. The third kappa shape index (κ3) is 3.88.